The molecule has 0 spiro atoms. The first-order valence-corrected chi connectivity index (χ1v) is 9.65. The highest BCUT2D eigenvalue weighted by molar-refractivity contribution is 5.93. The molecule has 1 amide bonds. The maximum Gasteiger partial charge on any atom is 0.239 e. The van der Waals surface area contributed by atoms with Gasteiger partial charge in [0.1, 0.15) is 11.9 Å². The number of aromatic nitrogens is 1. The van der Waals surface area contributed by atoms with Crippen molar-refractivity contribution in [3.63, 3.8) is 0 Å². The van der Waals surface area contributed by atoms with E-state index in [0.29, 0.717) is 30.4 Å². The molecule has 142 valence electrons. The lowest BCUT2D eigenvalue weighted by atomic mass is 10.0. The van der Waals surface area contributed by atoms with Crippen molar-refractivity contribution in [3.05, 3.63) is 52.7 Å². The minimum atomic E-state index is -0.0487. The SMILES string of the molecule is Cc1c(C#N)c(NC(=O)CN2CCC[C@@H](C)C2)n(Cc2ccccc2)c1C. The second-order valence-corrected chi connectivity index (χ2v) is 7.65. The number of rotatable bonds is 5. The van der Waals surface area contributed by atoms with E-state index in [4.69, 9.17) is 0 Å². The van der Waals surface area contributed by atoms with Gasteiger partial charge < -0.3 is 9.88 Å². The Hall–Kier alpha value is -2.58. The first-order chi connectivity index (χ1) is 13.0. The van der Waals surface area contributed by atoms with E-state index in [0.717, 1.165) is 36.3 Å². The number of nitriles is 1. The lowest BCUT2D eigenvalue weighted by Crippen LogP contribution is -2.40. The highest BCUT2D eigenvalue weighted by Crippen LogP contribution is 2.27. The number of piperidine rings is 1. The third-order valence-corrected chi connectivity index (χ3v) is 5.49. The van der Waals surface area contributed by atoms with Gasteiger partial charge in [-0.15, -0.1) is 0 Å². The molecule has 1 N–H and O–H groups in total. The number of likely N-dealkylation sites (tertiary alicyclic amines) is 1. The molecule has 2 aromatic rings. The van der Waals surface area contributed by atoms with E-state index >= 15 is 0 Å². The summed E-state index contributed by atoms with van der Waals surface area (Å²) < 4.78 is 2.04. The average molecular weight is 364 g/mol. The molecule has 1 aromatic carbocycles. The predicted molar refractivity (Wildman–Crippen MR) is 108 cm³/mol. The molecule has 5 nitrogen and oxygen atoms in total. The third kappa shape index (κ3) is 4.40. The summed E-state index contributed by atoms with van der Waals surface area (Å²) in [6, 6.07) is 12.4. The number of carbonyl (C=O) groups excluding carboxylic acids is 1. The number of hydrogen-bond donors (Lipinski definition) is 1. The van der Waals surface area contributed by atoms with Gasteiger partial charge in [-0.25, -0.2) is 0 Å². The van der Waals surface area contributed by atoms with E-state index < -0.39 is 0 Å². The number of anilines is 1. The summed E-state index contributed by atoms with van der Waals surface area (Å²) in [7, 11) is 0. The van der Waals surface area contributed by atoms with Crippen molar-refractivity contribution in [3.8, 4) is 6.07 Å². The molecule has 0 saturated carbocycles. The Labute approximate surface area is 161 Å². The first-order valence-electron chi connectivity index (χ1n) is 9.65. The summed E-state index contributed by atoms with van der Waals surface area (Å²) in [5.74, 6) is 1.20. The molecule has 3 rings (SSSR count). The Morgan fingerprint density at radius 2 is 2.04 bits per heavy atom. The smallest absolute Gasteiger partial charge is 0.239 e. The molecule has 1 aliphatic rings. The van der Waals surface area contributed by atoms with E-state index in [-0.39, 0.29) is 5.91 Å². The van der Waals surface area contributed by atoms with Crippen LogP contribution in [0.1, 0.15) is 42.1 Å². The van der Waals surface area contributed by atoms with Crippen LogP contribution in [-0.2, 0) is 11.3 Å². The molecule has 1 aromatic heterocycles. The Balaban J connectivity index is 1.82. The quantitative estimate of drug-likeness (QED) is 0.880. The molecule has 1 atom stereocenters. The van der Waals surface area contributed by atoms with Gasteiger partial charge in [-0.3, -0.25) is 9.69 Å². The Kier molecular flexibility index (Phi) is 5.98. The molecule has 0 aliphatic carbocycles. The maximum atomic E-state index is 12.7. The molecular formula is C22H28N4O. The number of hydrogen-bond acceptors (Lipinski definition) is 3. The number of amides is 1. The molecule has 5 heteroatoms. The Bertz CT molecular complexity index is 847. The largest absolute Gasteiger partial charge is 0.326 e. The highest BCUT2D eigenvalue weighted by atomic mass is 16.2. The number of benzene rings is 1. The van der Waals surface area contributed by atoms with E-state index in [1.54, 1.807) is 0 Å². The lowest BCUT2D eigenvalue weighted by molar-refractivity contribution is -0.117. The zero-order valence-electron chi connectivity index (χ0n) is 16.5. The highest BCUT2D eigenvalue weighted by Gasteiger charge is 2.22. The van der Waals surface area contributed by atoms with Crippen molar-refractivity contribution in [1.29, 1.82) is 5.26 Å². The summed E-state index contributed by atoms with van der Waals surface area (Å²) in [6.07, 6.45) is 2.37. The normalized spacial score (nSPS) is 17.5. The van der Waals surface area contributed by atoms with Crippen LogP contribution in [0, 0.1) is 31.1 Å². The molecule has 1 fully saturated rings. The van der Waals surface area contributed by atoms with Crippen LogP contribution in [0.3, 0.4) is 0 Å². The van der Waals surface area contributed by atoms with Gasteiger partial charge in [-0.1, -0.05) is 37.3 Å². The number of nitrogens with one attached hydrogen (secondary N) is 1. The van der Waals surface area contributed by atoms with Gasteiger partial charge in [-0.2, -0.15) is 5.26 Å². The van der Waals surface area contributed by atoms with Crippen LogP contribution in [-0.4, -0.2) is 35.0 Å². The maximum absolute atomic E-state index is 12.7. The first kappa shape index (κ1) is 19.2. The van der Waals surface area contributed by atoms with Gasteiger partial charge in [0.2, 0.25) is 5.91 Å². The van der Waals surface area contributed by atoms with Gasteiger partial charge in [0, 0.05) is 18.8 Å². The van der Waals surface area contributed by atoms with Crippen LogP contribution >= 0.6 is 0 Å². The van der Waals surface area contributed by atoms with Gasteiger partial charge in [0.25, 0.3) is 0 Å². The fraction of sp³-hybridized carbons (Fsp3) is 0.455. The van der Waals surface area contributed by atoms with Crippen LogP contribution in [0.15, 0.2) is 30.3 Å². The summed E-state index contributed by atoms with van der Waals surface area (Å²) in [5, 5.41) is 12.7. The topological polar surface area (TPSA) is 61.1 Å². The van der Waals surface area contributed by atoms with Gasteiger partial charge in [0.15, 0.2) is 0 Å². The fourth-order valence-corrected chi connectivity index (χ4v) is 3.90. The lowest BCUT2D eigenvalue weighted by Gasteiger charge is -2.30. The standard InChI is InChI=1S/C22H28N4O/c1-16-8-7-11-25(13-16)15-21(27)24-22-20(12-23)17(2)18(3)26(22)14-19-9-5-4-6-10-19/h4-6,9-10,16H,7-8,11,13-15H2,1-3H3,(H,24,27)/t16-/m1/s1. The fourth-order valence-electron chi connectivity index (χ4n) is 3.90. The molecule has 0 unspecified atom stereocenters. The van der Waals surface area contributed by atoms with Crippen LogP contribution < -0.4 is 5.32 Å². The van der Waals surface area contributed by atoms with Gasteiger partial charge in [0.05, 0.1) is 12.1 Å². The summed E-state index contributed by atoms with van der Waals surface area (Å²) in [6.45, 7) is 9.11. The summed E-state index contributed by atoms with van der Waals surface area (Å²) >= 11 is 0. The van der Waals surface area contributed by atoms with E-state index in [1.165, 1.54) is 6.42 Å². The zero-order valence-corrected chi connectivity index (χ0v) is 16.5. The van der Waals surface area contributed by atoms with Crippen molar-refractivity contribution in [2.75, 3.05) is 25.0 Å². The average Bonchev–Trinajstić information content (AvgIpc) is 2.86. The van der Waals surface area contributed by atoms with Crippen LogP contribution in [0.25, 0.3) is 0 Å². The van der Waals surface area contributed by atoms with Crippen molar-refractivity contribution >= 4 is 11.7 Å². The predicted octanol–water partition coefficient (Wildman–Crippen LogP) is 3.70. The third-order valence-electron chi connectivity index (χ3n) is 5.49. The second-order valence-electron chi connectivity index (χ2n) is 7.65. The van der Waals surface area contributed by atoms with Crippen molar-refractivity contribution in [2.24, 2.45) is 5.92 Å². The Morgan fingerprint density at radius 3 is 2.70 bits per heavy atom. The monoisotopic (exact) mass is 364 g/mol. The van der Waals surface area contributed by atoms with Crippen molar-refractivity contribution in [2.45, 2.75) is 40.2 Å². The minimum Gasteiger partial charge on any atom is -0.326 e. The second kappa shape index (κ2) is 8.41. The molecule has 2 heterocycles. The van der Waals surface area contributed by atoms with Gasteiger partial charge in [-0.05, 0) is 50.3 Å². The summed E-state index contributed by atoms with van der Waals surface area (Å²) in [4.78, 5) is 14.9. The van der Waals surface area contributed by atoms with Crippen LogP contribution in [0.5, 0.6) is 0 Å². The summed E-state index contributed by atoms with van der Waals surface area (Å²) in [5.41, 5.74) is 3.64. The number of nitrogens with zero attached hydrogens (tertiary/aromatic N) is 3. The van der Waals surface area contributed by atoms with Crippen molar-refractivity contribution in [1.82, 2.24) is 9.47 Å². The minimum absolute atomic E-state index is 0.0487. The molecule has 0 radical (unpaired) electrons. The zero-order chi connectivity index (χ0) is 19.4. The molecule has 27 heavy (non-hydrogen) atoms. The van der Waals surface area contributed by atoms with Crippen LogP contribution in [0.2, 0.25) is 0 Å². The molecule has 1 aliphatic heterocycles. The van der Waals surface area contributed by atoms with Gasteiger partial charge >= 0.3 is 0 Å². The van der Waals surface area contributed by atoms with E-state index in [1.807, 2.05) is 36.6 Å². The Morgan fingerprint density at radius 1 is 1.30 bits per heavy atom. The molecular weight excluding hydrogens is 336 g/mol. The number of carbonyl (C=O) groups is 1. The van der Waals surface area contributed by atoms with Crippen LogP contribution in [0.4, 0.5) is 5.82 Å². The van der Waals surface area contributed by atoms with E-state index in [2.05, 4.69) is 35.3 Å². The molecule has 0 bridgehead atoms. The van der Waals surface area contributed by atoms with E-state index in [9.17, 15) is 10.1 Å². The molecule has 1 saturated heterocycles. The van der Waals surface area contributed by atoms with Crippen molar-refractivity contribution < 1.29 is 4.79 Å².